The molecule has 0 amide bonds. The van der Waals surface area contributed by atoms with Gasteiger partial charge in [-0.05, 0) is 12.1 Å². The summed E-state index contributed by atoms with van der Waals surface area (Å²) in [5.74, 6) is 1.17. The Morgan fingerprint density at radius 1 is 1.27 bits per heavy atom. The van der Waals surface area contributed by atoms with Crippen molar-refractivity contribution in [2.75, 3.05) is 0 Å². The van der Waals surface area contributed by atoms with Gasteiger partial charge in [0.2, 0.25) is 0 Å². The first-order valence-electron chi connectivity index (χ1n) is 3.34. The first-order valence-corrected chi connectivity index (χ1v) is 3.34. The average molecular weight is 145 g/mol. The van der Waals surface area contributed by atoms with E-state index in [2.05, 4.69) is 6.58 Å². The van der Waals surface area contributed by atoms with Crippen LogP contribution in [0.15, 0.2) is 36.6 Å². The van der Waals surface area contributed by atoms with Crippen LogP contribution in [0.2, 0.25) is 0 Å². The fraction of sp³-hybridized carbons (Fsp3) is 0. The average Bonchev–Trinajstić information content (AvgIpc) is 2.30. The number of nitrogens with one attached hydrogen (secondary N) is 1. The van der Waals surface area contributed by atoms with Crippen LogP contribution in [0.5, 0.6) is 5.75 Å². The molecule has 1 N–H and O–H groups in total. The van der Waals surface area contributed by atoms with E-state index in [1.54, 1.807) is 0 Å². The second kappa shape index (κ2) is 1.95. The number of allylic oxidation sites excluding steroid dienone is 1. The fourth-order valence-corrected chi connectivity index (χ4v) is 1.10. The second-order valence-corrected chi connectivity index (χ2v) is 2.40. The van der Waals surface area contributed by atoms with Gasteiger partial charge in [-0.3, -0.25) is 5.41 Å². The lowest BCUT2D eigenvalue weighted by Crippen LogP contribution is -1.94. The minimum absolute atomic E-state index is 0.389. The Morgan fingerprint density at radius 3 is 2.73 bits per heavy atom. The molecule has 0 spiro atoms. The minimum atomic E-state index is 0.389. The van der Waals surface area contributed by atoms with Gasteiger partial charge in [0.15, 0.2) is 0 Å². The summed E-state index contributed by atoms with van der Waals surface area (Å²) in [6.45, 7) is 3.60. The highest BCUT2D eigenvalue weighted by Gasteiger charge is 2.20. The molecule has 0 radical (unpaired) electrons. The Kier molecular flexibility index (Phi) is 1.09. The third kappa shape index (κ3) is 0.759. The van der Waals surface area contributed by atoms with E-state index in [1.165, 1.54) is 0 Å². The van der Waals surface area contributed by atoms with E-state index in [-0.39, 0.29) is 0 Å². The summed E-state index contributed by atoms with van der Waals surface area (Å²) < 4.78 is 5.20. The summed E-state index contributed by atoms with van der Waals surface area (Å²) in [7, 11) is 0. The van der Waals surface area contributed by atoms with Crippen molar-refractivity contribution >= 4 is 5.71 Å². The van der Waals surface area contributed by atoms with Gasteiger partial charge in [-0.2, -0.15) is 0 Å². The highest BCUT2D eigenvalue weighted by molar-refractivity contribution is 6.13. The van der Waals surface area contributed by atoms with Gasteiger partial charge in [0.25, 0.3) is 0 Å². The number of hydrogen-bond donors (Lipinski definition) is 1. The summed E-state index contributed by atoms with van der Waals surface area (Å²) in [6.07, 6.45) is 0. The molecular weight excluding hydrogens is 138 g/mol. The van der Waals surface area contributed by atoms with Gasteiger partial charge in [-0.25, -0.2) is 0 Å². The molecule has 0 saturated heterocycles. The molecule has 0 bridgehead atoms. The molecule has 54 valence electrons. The molecule has 1 aliphatic heterocycles. The van der Waals surface area contributed by atoms with Crippen LogP contribution in [0.25, 0.3) is 0 Å². The number of ether oxygens (including phenoxy) is 1. The van der Waals surface area contributed by atoms with Gasteiger partial charge in [-0.15, -0.1) is 0 Å². The predicted octanol–water partition coefficient (Wildman–Crippen LogP) is 1.96. The Balaban J connectivity index is 2.64. The van der Waals surface area contributed by atoms with E-state index < -0.39 is 0 Å². The van der Waals surface area contributed by atoms with E-state index >= 15 is 0 Å². The van der Waals surface area contributed by atoms with Crippen LogP contribution in [0.1, 0.15) is 5.56 Å². The molecule has 2 heteroatoms. The molecule has 0 fully saturated rings. The molecular formula is C9H7NO. The topological polar surface area (TPSA) is 33.1 Å². The minimum Gasteiger partial charge on any atom is -0.455 e. The third-order valence-corrected chi connectivity index (χ3v) is 1.67. The molecule has 11 heavy (non-hydrogen) atoms. The van der Waals surface area contributed by atoms with E-state index in [4.69, 9.17) is 10.1 Å². The van der Waals surface area contributed by atoms with E-state index in [0.717, 1.165) is 11.3 Å². The normalized spacial score (nSPS) is 14.5. The number of fused-ring (bicyclic) bond motifs is 1. The SMILES string of the molecule is C=C1Oc2ccccc2C1=N. The van der Waals surface area contributed by atoms with E-state index in [1.807, 2.05) is 24.3 Å². The van der Waals surface area contributed by atoms with Crippen LogP contribution in [0.4, 0.5) is 0 Å². The molecule has 1 heterocycles. The summed E-state index contributed by atoms with van der Waals surface area (Å²) >= 11 is 0. The zero-order valence-corrected chi connectivity index (χ0v) is 5.92. The van der Waals surface area contributed by atoms with Crippen molar-refractivity contribution < 1.29 is 4.74 Å². The largest absolute Gasteiger partial charge is 0.455 e. The highest BCUT2D eigenvalue weighted by Crippen LogP contribution is 2.28. The molecule has 0 unspecified atom stereocenters. The van der Waals surface area contributed by atoms with Gasteiger partial charge in [-0.1, -0.05) is 18.7 Å². The van der Waals surface area contributed by atoms with Gasteiger partial charge in [0, 0.05) is 5.56 Å². The van der Waals surface area contributed by atoms with E-state index in [9.17, 15) is 0 Å². The third-order valence-electron chi connectivity index (χ3n) is 1.67. The maximum atomic E-state index is 7.51. The molecule has 0 aliphatic carbocycles. The second-order valence-electron chi connectivity index (χ2n) is 2.40. The number of hydrogen-bond acceptors (Lipinski definition) is 2. The van der Waals surface area contributed by atoms with Crippen molar-refractivity contribution in [3.63, 3.8) is 0 Å². The molecule has 1 aromatic rings. The Labute approximate surface area is 64.6 Å². The van der Waals surface area contributed by atoms with E-state index in [0.29, 0.717) is 11.5 Å². The summed E-state index contributed by atoms with van der Waals surface area (Å²) in [6, 6.07) is 7.46. The Morgan fingerprint density at radius 2 is 2.00 bits per heavy atom. The monoisotopic (exact) mass is 145 g/mol. The van der Waals surface area contributed by atoms with Gasteiger partial charge < -0.3 is 4.74 Å². The lowest BCUT2D eigenvalue weighted by Gasteiger charge is -1.93. The van der Waals surface area contributed by atoms with Crippen molar-refractivity contribution in [2.45, 2.75) is 0 Å². The van der Waals surface area contributed by atoms with Crippen molar-refractivity contribution in [2.24, 2.45) is 0 Å². The van der Waals surface area contributed by atoms with Crippen LogP contribution in [0, 0.1) is 5.41 Å². The smallest absolute Gasteiger partial charge is 0.145 e. The van der Waals surface area contributed by atoms with Gasteiger partial charge in [0.1, 0.15) is 17.2 Å². The lowest BCUT2D eigenvalue weighted by molar-refractivity contribution is 0.471. The first kappa shape index (κ1) is 6.16. The number of benzene rings is 1. The molecule has 0 saturated carbocycles. The molecule has 0 atom stereocenters. The van der Waals surface area contributed by atoms with Crippen LogP contribution < -0.4 is 4.74 Å². The fourth-order valence-electron chi connectivity index (χ4n) is 1.10. The molecule has 1 aliphatic rings. The lowest BCUT2D eigenvalue weighted by atomic mass is 10.1. The zero-order valence-electron chi connectivity index (χ0n) is 5.92. The first-order chi connectivity index (χ1) is 5.29. The van der Waals surface area contributed by atoms with Crippen LogP contribution in [-0.2, 0) is 0 Å². The molecule has 0 aromatic heterocycles. The summed E-state index contributed by atoms with van der Waals surface area (Å²) in [4.78, 5) is 0. The van der Waals surface area contributed by atoms with Gasteiger partial charge in [0.05, 0.1) is 0 Å². The summed E-state index contributed by atoms with van der Waals surface area (Å²) in [5, 5.41) is 7.51. The van der Waals surface area contributed by atoms with Crippen molar-refractivity contribution in [3.05, 3.63) is 42.2 Å². The van der Waals surface area contributed by atoms with Crippen LogP contribution in [-0.4, -0.2) is 5.71 Å². The quantitative estimate of drug-likeness (QED) is 0.594. The standard InChI is InChI=1S/C9H7NO/c1-6-9(10)7-4-2-3-5-8(7)11-6/h2-5,10H,1H2. The molecule has 2 rings (SSSR count). The maximum absolute atomic E-state index is 7.51. The van der Waals surface area contributed by atoms with Crippen molar-refractivity contribution in [1.82, 2.24) is 0 Å². The Hall–Kier alpha value is -1.57. The molecule has 2 nitrogen and oxygen atoms in total. The maximum Gasteiger partial charge on any atom is 0.145 e. The van der Waals surface area contributed by atoms with Crippen LogP contribution in [0.3, 0.4) is 0 Å². The predicted molar refractivity (Wildman–Crippen MR) is 43.0 cm³/mol. The van der Waals surface area contributed by atoms with Crippen molar-refractivity contribution in [1.29, 1.82) is 5.41 Å². The number of rotatable bonds is 0. The van der Waals surface area contributed by atoms with Crippen molar-refractivity contribution in [3.8, 4) is 5.75 Å². The number of para-hydroxylation sites is 1. The molecule has 1 aromatic carbocycles. The zero-order chi connectivity index (χ0) is 7.84. The highest BCUT2D eigenvalue weighted by atomic mass is 16.5. The van der Waals surface area contributed by atoms with Gasteiger partial charge >= 0.3 is 0 Å². The summed E-state index contributed by atoms with van der Waals surface area (Å²) in [5.41, 5.74) is 1.22. The van der Waals surface area contributed by atoms with Crippen LogP contribution >= 0.6 is 0 Å². The Bertz CT molecular complexity index is 341.